The Morgan fingerprint density at radius 1 is 0.706 bits per heavy atom. The average molecular weight is 500 g/mol. The van der Waals surface area contributed by atoms with Crippen LogP contribution in [0.15, 0.2) is 88.8 Å². The summed E-state index contributed by atoms with van der Waals surface area (Å²) < 4.78 is 67.1. The number of nitrogens with one attached hydrogen (secondary N) is 2. The van der Waals surface area contributed by atoms with Crippen LogP contribution in [-0.2, 0) is 20.0 Å². The topological polar surface area (TPSA) is 124 Å². The first kappa shape index (κ1) is 23.3. The van der Waals surface area contributed by atoms with E-state index in [9.17, 15) is 16.8 Å². The molecule has 0 saturated carbocycles. The van der Waals surface area contributed by atoms with Crippen molar-refractivity contribution in [3.05, 3.63) is 79.0 Å². The van der Waals surface area contributed by atoms with E-state index in [1.54, 1.807) is 24.3 Å². The first-order valence-corrected chi connectivity index (χ1v) is 12.9. The van der Waals surface area contributed by atoms with E-state index in [0.717, 1.165) is 0 Å². The molecule has 2 N–H and O–H groups in total. The number of methoxy groups -OCH3 is 2. The maximum Gasteiger partial charge on any atom is 0.264 e. The van der Waals surface area contributed by atoms with Crippen LogP contribution in [0.5, 0.6) is 11.5 Å². The second-order valence-corrected chi connectivity index (χ2v) is 10.5. The van der Waals surface area contributed by atoms with Gasteiger partial charge in [-0.15, -0.1) is 0 Å². The molecule has 176 valence electrons. The zero-order valence-electron chi connectivity index (χ0n) is 18.2. The third-order valence-corrected chi connectivity index (χ3v) is 7.71. The minimum atomic E-state index is -3.99. The van der Waals surface area contributed by atoms with Crippen molar-refractivity contribution in [3.63, 3.8) is 0 Å². The van der Waals surface area contributed by atoms with Gasteiger partial charge in [0.15, 0.2) is 11.5 Å². The lowest BCUT2D eigenvalue weighted by Gasteiger charge is -2.13. The monoisotopic (exact) mass is 499 g/mol. The van der Waals surface area contributed by atoms with E-state index in [0.29, 0.717) is 16.7 Å². The second-order valence-electron chi connectivity index (χ2n) is 7.14. The van der Waals surface area contributed by atoms with Crippen LogP contribution < -0.4 is 18.9 Å². The summed E-state index contributed by atoms with van der Waals surface area (Å²) in [4.78, 5) is 4.16. The first-order chi connectivity index (χ1) is 16.2. The number of aromatic nitrogens is 1. The van der Waals surface area contributed by atoms with Crippen molar-refractivity contribution in [1.29, 1.82) is 0 Å². The Balaban J connectivity index is 1.61. The molecule has 34 heavy (non-hydrogen) atoms. The summed E-state index contributed by atoms with van der Waals surface area (Å²) in [6.45, 7) is 0. The highest BCUT2D eigenvalue weighted by Crippen LogP contribution is 2.31. The third kappa shape index (κ3) is 4.75. The molecule has 0 amide bonds. The normalized spacial score (nSPS) is 11.7. The van der Waals surface area contributed by atoms with Crippen LogP contribution in [0.2, 0.25) is 0 Å². The van der Waals surface area contributed by atoms with Crippen molar-refractivity contribution in [2.45, 2.75) is 9.79 Å². The molecular formula is C23H21N3O6S2. The highest BCUT2D eigenvalue weighted by Gasteiger charge is 2.20. The quantitative estimate of drug-likeness (QED) is 0.377. The summed E-state index contributed by atoms with van der Waals surface area (Å²) in [6.07, 6.45) is 1.52. The van der Waals surface area contributed by atoms with Gasteiger partial charge in [0.2, 0.25) is 0 Å². The van der Waals surface area contributed by atoms with E-state index in [1.165, 1.54) is 68.9 Å². The van der Waals surface area contributed by atoms with Crippen LogP contribution in [0.4, 0.5) is 11.4 Å². The fourth-order valence-corrected chi connectivity index (χ4v) is 5.64. The molecule has 0 unspecified atom stereocenters. The van der Waals surface area contributed by atoms with Crippen LogP contribution >= 0.6 is 0 Å². The molecule has 1 aromatic heterocycles. The van der Waals surface area contributed by atoms with Crippen molar-refractivity contribution in [2.75, 3.05) is 23.7 Å². The number of benzene rings is 3. The van der Waals surface area contributed by atoms with Crippen molar-refractivity contribution in [1.82, 2.24) is 4.98 Å². The molecule has 0 bridgehead atoms. The van der Waals surface area contributed by atoms with Crippen LogP contribution in [0.1, 0.15) is 0 Å². The van der Waals surface area contributed by atoms with Gasteiger partial charge in [-0.1, -0.05) is 24.3 Å². The number of ether oxygens (including phenoxy) is 2. The van der Waals surface area contributed by atoms with E-state index in [1.807, 2.05) is 0 Å². The molecule has 11 heteroatoms. The Kier molecular flexibility index (Phi) is 6.31. The van der Waals surface area contributed by atoms with Crippen molar-refractivity contribution in [2.24, 2.45) is 0 Å². The molecule has 0 fully saturated rings. The average Bonchev–Trinajstić information content (AvgIpc) is 2.82. The van der Waals surface area contributed by atoms with Crippen molar-refractivity contribution in [3.8, 4) is 11.5 Å². The van der Waals surface area contributed by atoms with E-state index >= 15 is 0 Å². The number of para-hydroxylation sites is 1. The van der Waals surface area contributed by atoms with Crippen LogP contribution in [0, 0.1) is 0 Å². The maximum absolute atomic E-state index is 13.0. The van der Waals surface area contributed by atoms with E-state index in [2.05, 4.69) is 14.4 Å². The zero-order chi connectivity index (χ0) is 24.3. The van der Waals surface area contributed by atoms with Gasteiger partial charge in [-0.25, -0.2) is 16.8 Å². The van der Waals surface area contributed by atoms with Gasteiger partial charge in [0.25, 0.3) is 20.0 Å². The van der Waals surface area contributed by atoms with Gasteiger partial charge < -0.3 is 9.47 Å². The lowest BCUT2D eigenvalue weighted by Crippen LogP contribution is -2.15. The van der Waals surface area contributed by atoms with Crippen molar-refractivity contribution >= 4 is 42.3 Å². The number of rotatable bonds is 8. The molecule has 0 aliphatic carbocycles. The number of hydrogen-bond donors (Lipinski definition) is 2. The number of fused-ring (bicyclic) bond motifs is 1. The molecule has 9 nitrogen and oxygen atoms in total. The molecule has 3 aromatic carbocycles. The zero-order valence-corrected chi connectivity index (χ0v) is 19.9. The summed E-state index contributed by atoms with van der Waals surface area (Å²) >= 11 is 0. The van der Waals surface area contributed by atoms with Crippen LogP contribution in [-0.4, -0.2) is 36.0 Å². The molecule has 0 aliphatic heterocycles. The van der Waals surface area contributed by atoms with Gasteiger partial charge in [-0.2, -0.15) is 0 Å². The van der Waals surface area contributed by atoms with E-state index < -0.39 is 20.0 Å². The molecule has 1 heterocycles. The van der Waals surface area contributed by atoms with Gasteiger partial charge in [-0.05, 0) is 42.5 Å². The number of hydrogen-bond acceptors (Lipinski definition) is 7. The SMILES string of the molecule is COc1ccc(S(=O)(=O)Nc2cccc(NS(=O)(=O)c3cccc4cccnc34)c2)cc1OC. The largest absolute Gasteiger partial charge is 0.493 e. The molecule has 0 spiro atoms. The molecule has 0 atom stereocenters. The fourth-order valence-electron chi connectivity index (χ4n) is 3.35. The smallest absolute Gasteiger partial charge is 0.264 e. The number of pyridine rings is 1. The number of sulfonamides is 2. The lowest BCUT2D eigenvalue weighted by atomic mass is 10.2. The van der Waals surface area contributed by atoms with Gasteiger partial charge >= 0.3 is 0 Å². The van der Waals surface area contributed by atoms with Gasteiger partial charge in [0, 0.05) is 17.6 Å². The predicted octanol–water partition coefficient (Wildman–Crippen LogP) is 3.85. The minimum absolute atomic E-state index is 0.0157. The Morgan fingerprint density at radius 3 is 2.06 bits per heavy atom. The maximum atomic E-state index is 13.0. The second kappa shape index (κ2) is 9.20. The summed E-state index contributed by atoms with van der Waals surface area (Å²) in [5.74, 6) is 0.649. The lowest BCUT2D eigenvalue weighted by molar-refractivity contribution is 0.354. The van der Waals surface area contributed by atoms with Gasteiger partial charge in [0.05, 0.1) is 36.0 Å². The Hall–Kier alpha value is -3.83. The highest BCUT2D eigenvalue weighted by atomic mass is 32.2. The summed E-state index contributed by atoms with van der Waals surface area (Å²) in [6, 6.07) is 18.5. The number of anilines is 2. The van der Waals surface area contributed by atoms with Crippen molar-refractivity contribution < 1.29 is 26.3 Å². The van der Waals surface area contributed by atoms with Gasteiger partial charge in [-0.3, -0.25) is 14.4 Å². The highest BCUT2D eigenvalue weighted by molar-refractivity contribution is 7.93. The molecule has 0 aliphatic rings. The molecule has 0 radical (unpaired) electrons. The first-order valence-electron chi connectivity index (χ1n) is 9.95. The molecule has 4 rings (SSSR count). The summed E-state index contributed by atoms with van der Waals surface area (Å²) in [5.41, 5.74) is 0.689. The Morgan fingerprint density at radius 2 is 1.35 bits per heavy atom. The summed E-state index contributed by atoms with van der Waals surface area (Å²) in [7, 11) is -5.12. The van der Waals surface area contributed by atoms with E-state index in [-0.39, 0.29) is 26.9 Å². The Bertz CT molecular complexity index is 1570. The van der Waals surface area contributed by atoms with Gasteiger partial charge in [0.1, 0.15) is 4.90 Å². The van der Waals surface area contributed by atoms with E-state index in [4.69, 9.17) is 9.47 Å². The Labute approximate surface area is 197 Å². The van der Waals surface area contributed by atoms with Crippen LogP contribution in [0.3, 0.4) is 0 Å². The molecule has 0 saturated heterocycles. The molecular weight excluding hydrogens is 478 g/mol. The van der Waals surface area contributed by atoms with Crippen LogP contribution in [0.25, 0.3) is 10.9 Å². The summed E-state index contributed by atoms with van der Waals surface area (Å²) in [5, 5.41) is 0.682. The third-order valence-electron chi connectivity index (χ3n) is 4.92. The molecule has 4 aromatic rings. The standard InChI is InChI=1S/C23H21N3O6S2/c1-31-20-12-11-19(15-21(20)32-2)33(27,28)25-17-8-4-9-18(14-17)26-34(29,30)22-10-3-6-16-7-5-13-24-23(16)22/h3-15,25-26H,1-2H3. The fraction of sp³-hybridized carbons (Fsp3) is 0.0870. The minimum Gasteiger partial charge on any atom is -0.493 e. The predicted molar refractivity (Wildman–Crippen MR) is 129 cm³/mol. The number of nitrogens with zero attached hydrogens (tertiary/aromatic N) is 1.